The van der Waals surface area contributed by atoms with Crippen molar-refractivity contribution in [2.45, 2.75) is 0 Å². The van der Waals surface area contributed by atoms with Gasteiger partial charge in [0.1, 0.15) is 5.82 Å². The van der Waals surface area contributed by atoms with Gasteiger partial charge < -0.3 is 20.1 Å². The van der Waals surface area contributed by atoms with Crippen molar-refractivity contribution in [1.29, 1.82) is 0 Å². The van der Waals surface area contributed by atoms with Crippen molar-refractivity contribution in [1.82, 2.24) is 0 Å². The molecule has 0 atom stereocenters. The van der Waals surface area contributed by atoms with E-state index in [-0.39, 0.29) is 5.56 Å². The van der Waals surface area contributed by atoms with Crippen molar-refractivity contribution >= 4 is 23.2 Å². The molecular formula is C22H19FN2O4. The highest BCUT2D eigenvalue weighted by molar-refractivity contribution is 6.08. The first-order chi connectivity index (χ1) is 14.0. The van der Waals surface area contributed by atoms with Gasteiger partial charge >= 0.3 is 0 Å². The van der Waals surface area contributed by atoms with Crippen LogP contribution in [-0.4, -0.2) is 26.0 Å². The molecule has 0 aromatic heterocycles. The Labute approximate surface area is 167 Å². The number of carbonyl (C=O) groups is 2. The second-order valence-electron chi connectivity index (χ2n) is 6.07. The standard InChI is InChI=1S/C22H19FN2O4/c1-28-19-10-9-18(13-20(19)29-2)25-22(27)15-6-3-5-14(11-15)21(26)24-17-8-4-7-16(23)12-17/h3-13H,1-2H3,(H,24,26)(H,25,27). The molecule has 0 radical (unpaired) electrons. The fourth-order valence-electron chi connectivity index (χ4n) is 2.69. The van der Waals surface area contributed by atoms with Gasteiger partial charge in [0.2, 0.25) is 0 Å². The van der Waals surface area contributed by atoms with E-state index in [4.69, 9.17) is 9.47 Å². The fraction of sp³-hybridized carbons (Fsp3) is 0.0909. The van der Waals surface area contributed by atoms with Crippen LogP contribution in [0.25, 0.3) is 0 Å². The van der Waals surface area contributed by atoms with Crippen LogP contribution in [0.15, 0.2) is 66.7 Å². The Kier molecular flexibility index (Phi) is 6.09. The molecule has 7 heteroatoms. The summed E-state index contributed by atoms with van der Waals surface area (Å²) in [5.41, 5.74) is 1.42. The largest absolute Gasteiger partial charge is 0.493 e. The zero-order valence-electron chi connectivity index (χ0n) is 15.9. The van der Waals surface area contributed by atoms with Crippen molar-refractivity contribution in [3.05, 3.63) is 83.7 Å². The summed E-state index contributed by atoms with van der Waals surface area (Å²) in [6.07, 6.45) is 0. The molecule has 3 rings (SSSR count). The monoisotopic (exact) mass is 394 g/mol. The summed E-state index contributed by atoms with van der Waals surface area (Å²) in [4.78, 5) is 25.0. The van der Waals surface area contributed by atoms with Crippen LogP contribution in [0, 0.1) is 5.82 Å². The van der Waals surface area contributed by atoms with Gasteiger partial charge in [-0.3, -0.25) is 9.59 Å². The third kappa shape index (κ3) is 4.90. The van der Waals surface area contributed by atoms with Crippen molar-refractivity contribution < 1.29 is 23.5 Å². The van der Waals surface area contributed by atoms with E-state index >= 15 is 0 Å². The molecule has 0 fully saturated rings. The smallest absolute Gasteiger partial charge is 0.255 e. The molecule has 0 aliphatic rings. The summed E-state index contributed by atoms with van der Waals surface area (Å²) < 4.78 is 23.7. The second kappa shape index (κ2) is 8.88. The Morgan fingerprint density at radius 3 is 1.90 bits per heavy atom. The second-order valence-corrected chi connectivity index (χ2v) is 6.07. The van der Waals surface area contributed by atoms with E-state index in [0.29, 0.717) is 28.4 Å². The lowest BCUT2D eigenvalue weighted by Gasteiger charge is -2.11. The average molecular weight is 394 g/mol. The number of anilines is 2. The number of halogens is 1. The van der Waals surface area contributed by atoms with Gasteiger partial charge in [-0.25, -0.2) is 4.39 Å². The lowest BCUT2D eigenvalue weighted by atomic mass is 10.1. The number of nitrogens with one attached hydrogen (secondary N) is 2. The van der Waals surface area contributed by atoms with Gasteiger partial charge in [-0.2, -0.15) is 0 Å². The normalized spacial score (nSPS) is 10.2. The number of rotatable bonds is 6. The highest BCUT2D eigenvalue weighted by Crippen LogP contribution is 2.30. The molecule has 0 aliphatic carbocycles. The molecule has 2 amide bonds. The van der Waals surface area contributed by atoms with E-state index in [2.05, 4.69) is 10.6 Å². The van der Waals surface area contributed by atoms with Crippen molar-refractivity contribution in [3.8, 4) is 11.5 Å². The van der Waals surface area contributed by atoms with Crippen LogP contribution in [-0.2, 0) is 0 Å². The first-order valence-electron chi connectivity index (χ1n) is 8.70. The predicted octanol–water partition coefficient (Wildman–Crippen LogP) is 4.35. The first-order valence-corrected chi connectivity index (χ1v) is 8.70. The predicted molar refractivity (Wildman–Crippen MR) is 108 cm³/mol. The molecule has 0 unspecified atom stereocenters. The Bertz CT molecular complexity index is 1050. The number of ether oxygens (including phenoxy) is 2. The Balaban J connectivity index is 1.74. The summed E-state index contributed by atoms with van der Waals surface area (Å²) in [5.74, 6) is -0.269. The lowest BCUT2D eigenvalue weighted by molar-refractivity contribution is 0.102. The van der Waals surface area contributed by atoms with Gasteiger partial charge in [0, 0.05) is 28.6 Å². The van der Waals surface area contributed by atoms with E-state index in [1.54, 1.807) is 42.5 Å². The van der Waals surface area contributed by atoms with E-state index in [0.717, 1.165) is 0 Å². The van der Waals surface area contributed by atoms with Crippen LogP contribution in [0.3, 0.4) is 0 Å². The minimum atomic E-state index is -0.453. The topological polar surface area (TPSA) is 76.7 Å². The maximum absolute atomic E-state index is 13.3. The van der Waals surface area contributed by atoms with Crippen molar-refractivity contribution in [3.63, 3.8) is 0 Å². The van der Waals surface area contributed by atoms with Crippen LogP contribution >= 0.6 is 0 Å². The fourth-order valence-corrected chi connectivity index (χ4v) is 2.69. The molecule has 148 valence electrons. The molecule has 0 saturated heterocycles. The van der Waals surface area contributed by atoms with Crippen molar-refractivity contribution in [2.24, 2.45) is 0 Å². The molecule has 0 aliphatic heterocycles. The Morgan fingerprint density at radius 2 is 1.31 bits per heavy atom. The number of methoxy groups -OCH3 is 2. The average Bonchev–Trinajstić information content (AvgIpc) is 2.73. The third-order valence-electron chi connectivity index (χ3n) is 4.11. The van der Waals surface area contributed by atoms with Gasteiger partial charge in [0.05, 0.1) is 14.2 Å². The van der Waals surface area contributed by atoms with Crippen LogP contribution < -0.4 is 20.1 Å². The molecule has 0 heterocycles. The van der Waals surface area contributed by atoms with E-state index in [9.17, 15) is 14.0 Å². The van der Waals surface area contributed by atoms with E-state index < -0.39 is 17.6 Å². The summed E-state index contributed by atoms with van der Waals surface area (Å²) in [7, 11) is 3.03. The molecule has 0 bridgehead atoms. The summed E-state index contributed by atoms with van der Waals surface area (Å²) in [5, 5.41) is 5.35. The Hall–Kier alpha value is -3.87. The zero-order chi connectivity index (χ0) is 20.8. The molecule has 3 aromatic rings. The number of carbonyl (C=O) groups excluding carboxylic acids is 2. The van der Waals surface area contributed by atoms with E-state index in [1.807, 2.05) is 0 Å². The van der Waals surface area contributed by atoms with Crippen molar-refractivity contribution in [2.75, 3.05) is 24.9 Å². The van der Waals surface area contributed by atoms with Crippen LogP contribution in [0.1, 0.15) is 20.7 Å². The minimum Gasteiger partial charge on any atom is -0.493 e. The number of hydrogen-bond donors (Lipinski definition) is 2. The zero-order valence-corrected chi connectivity index (χ0v) is 15.9. The van der Waals surface area contributed by atoms with Crippen LogP contribution in [0.4, 0.5) is 15.8 Å². The quantitative estimate of drug-likeness (QED) is 0.652. The molecular weight excluding hydrogens is 375 g/mol. The van der Waals surface area contributed by atoms with Gasteiger partial charge in [0.15, 0.2) is 11.5 Å². The summed E-state index contributed by atoms with van der Waals surface area (Å²) in [6.45, 7) is 0. The maximum Gasteiger partial charge on any atom is 0.255 e. The number of benzene rings is 3. The molecule has 29 heavy (non-hydrogen) atoms. The molecule has 0 saturated carbocycles. The summed E-state index contributed by atoms with van der Waals surface area (Å²) >= 11 is 0. The third-order valence-corrected chi connectivity index (χ3v) is 4.11. The van der Waals surface area contributed by atoms with E-state index in [1.165, 1.54) is 38.5 Å². The number of hydrogen-bond acceptors (Lipinski definition) is 4. The minimum absolute atomic E-state index is 0.272. The highest BCUT2D eigenvalue weighted by Gasteiger charge is 2.13. The van der Waals surface area contributed by atoms with Gasteiger partial charge in [-0.15, -0.1) is 0 Å². The summed E-state index contributed by atoms with van der Waals surface area (Å²) in [6, 6.07) is 16.8. The SMILES string of the molecule is COc1ccc(NC(=O)c2cccc(C(=O)Nc3cccc(F)c3)c2)cc1OC. The highest BCUT2D eigenvalue weighted by atomic mass is 19.1. The molecule has 2 N–H and O–H groups in total. The molecule has 0 spiro atoms. The van der Waals surface area contributed by atoms with Crippen LogP contribution in [0.5, 0.6) is 11.5 Å². The van der Waals surface area contributed by atoms with Gasteiger partial charge in [-0.1, -0.05) is 12.1 Å². The maximum atomic E-state index is 13.3. The Morgan fingerprint density at radius 1 is 0.724 bits per heavy atom. The molecule has 3 aromatic carbocycles. The first kappa shape index (κ1) is 19.9. The lowest BCUT2D eigenvalue weighted by Crippen LogP contribution is -2.15. The van der Waals surface area contributed by atoms with Crippen LogP contribution in [0.2, 0.25) is 0 Å². The number of amides is 2. The molecule has 6 nitrogen and oxygen atoms in total. The van der Waals surface area contributed by atoms with Gasteiger partial charge in [-0.05, 0) is 48.5 Å². The van der Waals surface area contributed by atoms with Gasteiger partial charge in [0.25, 0.3) is 11.8 Å².